The van der Waals surface area contributed by atoms with Crippen LogP contribution in [0.3, 0.4) is 0 Å². The summed E-state index contributed by atoms with van der Waals surface area (Å²) in [5.74, 6) is 1.54. The molecule has 0 fully saturated rings. The first-order valence-corrected chi connectivity index (χ1v) is 4.36. The van der Waals surface area contributed by atoms with Crippen LogP contribution in [0, 0.1) is 0 Å². The van der Waals surface area contributed by atoms with Gasteiger partial charge in [0.2, 0.25) is 0 Å². The average Bonchev–Trinajstić information content (AvgIpc) is 2.68. The van der Waals surface area contributed by atoms with Crippen molar-refractivity contribution in [2.75, 3.05) is 7.05 Å². The van der Waals surface area contributed by atoms with Gasteiger partial charge in [-0.05, 0) is 19.2 Å². The minimum Gasteiger partial charge on any atom is -0.313 e. The number of aromatic nitrogens is 4. The minimum atomic E-state index is 0. The van der Waals surface area contributed by atoms with E-state index in [9.17, 15) is 0 Å². The molecule has 2 rings (SSSR count). The van der Waals surface area contributed by atoms with E-state index in [1.807, 2.05) is 19.2 Å². The third-order valence-electron chi connectivity index (χ3n) is 1.81. The second kappa shape index (κ2) is 7.16. The van der Waals surface area contributed by atoms with Gasteiger partial charge in [0.25, 0.3) is 0 Å². The summed E-state index contributed by atoms with van der Waals surface area (Å²) < 4.78 is 0. The van der Waals surface area contributed by atoms with Crippen LogP contribution in [0.1, 0.15) is 5.82 Å². The van der Waals surface area contributed by atoms with Crippen LogP contribution in [-0.2, 0) is 6.54 Å². The highest BCUT2D eigenvalue weighted by atomic mass is 35.5. The van der Waals surface area contributed by atoms with Crippen LogP contribution in [0.2, 0.25) is 0 Å². The van der Waals surface area contributed by atoms with Crippen LogP contribution in [0.25, 0.3) is 11.4 Å². The number of nitrogens with zero attached hydrogens (tertiary/aromatic N) is 3. The van der Waals surface area contributed by atoms with E-state index in [-0.39, 0.29) is 24.8 Å². The molecule has 88 valence electrons. The Hall–Kier alpha value is -1.17. The molecule has 0 atom stereocenters. The van der Waals surface area contributed by atoms with E-state index < -0.39 is 0 Å². The van der Waals surface area contributed by atoms with E-state index in [4.69, 9.17) is 0 Å². The molecule has 0 aliphatic heterocycles. The molecule has 0 aromatic carbocycles. The summed E-state index contributed by atoms with van der Waals surface area (Å²) in [6, 6.07) is 3.76. The first-order chi connectivity index (χ1) is 6.90. The second-order valence-electron chi connectivity index (χ2n) is 2.87. The van der Waals surface area contributed by atoms with E-state index in [0.29, 0.717) is 12.4 Å². The fourth-order valence-corrected chi connectivity index (χ4v) is 1.17. The minimum absolute atomic E-state index is 0. The monoisotopic (exact) mass is 261 g/mol. The summed E-state index contributed by atoms with van der Waals surface area (Å²) in [4.78, 5) is 8.25. The van der Waals surface area contributed by atoms with E-state index in [0.717, 1.165) is 11.4 Å². The number of nitrogens with one attached hydrogen (secondary N) is 2. The van der Waals surface area contributed by atoms with Gasteiger partial charge in [0.05, 0.1) is 6.54 Å². The third kappa shape index (κ3) is 3.44. The fourth-order valence-electron chi connectivity index (χ4n) is 1.17. The van der Waals surface area contributed by atoms with Crippen molar-refractivity contribution in [3.63, 3.8) is 0 Å². The van der Waals surface area contributed by atoms with Crippen LogP contribution in [0.15, 0.2) is 24.5 Å². The molecule has 5 nitrogen and oxygen atoms in total. The predicted molar refractivity (Wildman–Crippen MR) is 66.9 cm³/mol. The lowest BCUT2D eigenvalue weighted by atomic mass is 10.2. The van der Waals surface area contributed by atoms with Gasteiger partial charge < -0.3 is 5.32 Å². The smallest absolute Gasteiger partial charge is 0.181 e. The van der Waals surface area contributed by atoms with Crippen molar-refractivity contribution in [3.05, 3.63) is 30.4 Å². The Kier molecular flexibility index (Phi) is 6.64. The Labute approximate surface area is 106 Å². The Morgan fingerprint density at radius 1 is 1.25 bits per heavy atom. The molecule has 0 saturated heterocycles. The molecule has 0 bridgehead atoms. The van der Waals surface area contributed by atoms with Crippen molar-refractivity contribution < 1.29 is 0 Å². The van der Waals surface area contributed by atoms with E-state index >= 15 is 0 Å². The predicted octanol–water partition coefficient (Wildman–Crippen LogP) is 1.43. The molecule has 2 N–H and O–H groups in total. The molecular formula is C9H13Cl2N5. The van der Waals surface area contributed by atoms with Gasteiger partial charge >= 0.3 is 0 Å². The molecule has 2 heterocycles. The quantitative estimate of drug-likeness (QED) is 0.878. The molecule has 2 aromatic heterocycles. The molecule has 0 unspecified atom stereocenters. The fraction of sp³-hybridized carbons (Fsp3) is 0.222. The van der Waals surface area contributed by atoms with Crippen molar-refractivity contribution >= 4 is 24.8 Å². The second-order valence-corrected chi connectivity index (χ2v) is 2.87. The lowest BCUT2D eigenvalue weighted by Crippen LogP contribution is -2.06. The number of hydrogen-bond donors (Lipinski definition) is 2. The zero-order chi connectivity index (χ0) is 9.80. The molecule has 0 aliphatic rings. The number of aromatic amines is 1. The number of H-pyrrole nitrogens is 1. The Balaban J connectivity index is 0.00000112. The van der Waals surface area contributed by atoms with Gasteiger partial charge in [-0.1, -0.05) is 0 Å². The van der Waals surface area contributed by atoms with E-state index in [2.05, 4.69) is 25.5 Å². The molecule has 0 aliphatic carbocycles. The highest BCUT2D eigenvalue weighted by molar-refractivity contribution is 5.85. The maximum absolute atomic E-state index is 4.31. The molecule has 0 amide bonds. The molecule has 7 heteroatoms. The van der Waals surface area contributed by atoms with E-state index in [1.54, 1.807) is 12.4 Å². The Morgan fingerprint density at radius 3 is 2.56 bits per heavy atom. The largest absolute Gasteiger partial charge is 0.313 e. The highest BCUT2D eigenvalue weighted by Crippen LogP contribution is 2.11. The topological polar surface area (TPSA) is 66.5 Å². The SMILES string of the molecule is CNCc1nc(-c2ccncc2)n[nH]1.Cl.Cl. The van der Waals surface area contributed by atoms with Gasteiger partial charge in [0.1, 0.15) is 5.82 Å². The summed E-state index contributed by atoms with van der Waals surface area (Å²) in [5, 5.41) is 9.96. The van der Waals surface area contributed by atoms with Gasteiger partial charge in [-0.3, -0.25) is 10.1 Å². The molecule has 16 heavy (non-hydrogen) atoms. The van der Waals surface area contributed by atoms with Crippen molar-refractivity contribution in [2.45, 2.75) is 6.54 Å². The third-order valence-corrected chi connectivity index (χ3v) is 1.81. The highest BCUT2D eigenvalue weighted by Gasteiger charge is 2.03. The Morgan fingerprint density at radius 2 is 1.94 bits per heavy atom. The molecular weight excluding hydrogens is 249 g/mol. The average molecular weight is 262 g/mol. The molecule has 0 spiro atoms. The van der Waals surface area contributed by atoms with Crippen LogP contribution < -0.4 is 5.32 Å². The van der Waals surface area contributed by atoms with Crippen LogP contribution in [0.4, 0.5) is 0 Å². The first-order valence-electron chi connectivity index (χ1n) is 4.36. The van der Waals surface area contributed by atoms with Crippen molar-refractivity contribution in [1.82, 2.24) is 25.5 Å². The summed E-state index contributed by atoms with van der Waals surface area (Å²) in [5.41, 5.74) is 0.971. The lowest BCUT2D eigenvalue weighted by Gasteiger charge is -1.92. The van der Waals surface area contributed by atoms with Crippen LogP contribution >= 0.6 is 24.8 Å². The number of hydrogen-bond acceptors (Lipinski definition) is 4. The molecule has 0 saturated carbocycles. The van der Waals surface area contributed by atoms with Gasteiger partial charge in [0, 0.05) is 18.0 Å². The van der Waals surface area contributed by atoms with Crippen molar-refractivity contribution in [1.29, 1.82) is 0 Å². The molecule has 0 radical (unpaired) electrons. The number of halogens is 2. The van der Waals surface area contributed by atoms with E-state index in [1.165, 1.54) is 0 Å². The maximum atomic E-state index is 4.31. The lowest BCUT2D eigenvalue weighted by molar-refractivity contribution is 0.763. The summed E-state index contributed by atoms with van der Waals surface area (Å²) >= 11 is 0. The zero-order valence-corrected chi connectivity index (χ0v) is 10.3. The van der Waals surface area contributed by atoms with Crippen molar-refractivity contribution in [3.8, 4) is 11.4 Å². The summed E-state index contributed by atoms with van der Waals surface area (Å²) in [6.45, 7) is 0.693. The Bertz CT molecular complexity index is 403. The van der Waals surface area contributed by atoms with Gasteiger partial charge in [-0.2, -0.15) is 5.10 Å². The standard InChI is InChI=1S/C9H11N5.2ClH/c1-10-6-8-12-9(14-13-8)7-2-4-11-5-3-7;;/h2-5,10H,6H2,1H3,(H,12,13,14);2*1H. The van der Waals surface area contributed by atoms with Crippen LogP contribution in [-0.4, -0.2) is 27.2 Å². The number of pyridine rings is 1. The van der Waals surface area contributed by atoms with Crippen LogP contribution in [0.5, 0.6) is 0 Å². The van der Waals surface area contributed by atoms with Crippen molar-refractivity contribution in [2.24, 2.45) is 0 Å². The van der Waals surface area contributed by atoms with Gasteiger partial charge in [-0.25, -0.2) is 4.98 Å². The summed E-state index contributed by atoms with van der Waals surface area (Å²) in [7, 11) is 1.87. The maximum Gasteiger partial charge on any atom is 0.181 e. The first kappa shape index (κ1) is 14.8. The number of rotatable bonds is 3. The zero-order valence-electron chi connectivity index (χ0n) is 8.67. The summed E-state index contributed by atoms with van der Waals surface area (Å²) in [6.07, 6.45) is 3.45. The van der Waals surface area contributed by atoms with Gasteiger partial charge in [0.15, 0.2) is 5.82 Å². The normalized spacial score (nSPS) is 9.06. The molecule has 2 aromatic rings. The van der Waals surface area contributed by atoms with Gasteiger partial charge in [-0.15, -0.1) is 24.8 Å².